The minimum atomic E-state index is -0.595. The lowest BCUT2D eigenvalue weighted by molar-refractivity contribution is -0.155. The smallest absolute Gasteiger partial charge is 0.319 e. The van der Waals surface area contributed by atoms with Gasteiger partial charge in [-0.1, -0.05) is 29.8 Å². The third-order valence-corrected chi connectivity index (χ3v) is 6.64. The predicted molar refractivity (Wildman–Crippen MR) is 97.5 cm³/mol. The normalized spacial score (nSPS) is 34.8. The topological polar surface area (TPSA) is 45.3 Å². The van der Waals surface area contributed by atoms with Crippen molar-refractivity contribution in [1.82, 2.24) is 9.88 Å². The first-order valence-corrected chi connectivity index (χ1v) is 9.26. The number of para-hydroxylation sites is 1. The molecule has 4 nitrogen and oxygen atoms in total. The van der Waals surface area contributed by atoms with Gasteiger partial charge in [-0.05, 0) is 43.7 Å². The molecule has 1 aromatic heterocycles. The van der Waals surface area contributed by atoms with E-state index in [-0.39, 0.29) is 12.0 Å². The summed E-state index contributed by atoms with van der Waals surface area (Å²) in [6, 6.07) is 8.56. The maximum absolute atomic E-state index is 13.2. The second-order valence-corrected chi connectivity index (χ2v) is 7.77. The number of nitrogens with one attached hydrogen (secondary N) is 1. The van der Waals surface area contributed by atoms with E-state index in [4.69, 9.17) is 4.74 Å². The molecular weight excluding hydrogens is 312 g/mol. The Morgan fingerprint density at radius 2 is 2.24 bits per heavy atom. The highest BCUT2D eigenvalue weighted by molar-refractivity contribution is 5.92. The first-order valence-electron chi connectivity index (χ1n) is 9.26. The largest absolute Gasteiger partial charge is 0.468 e. The van der Waals surface area contributed by atoms with Crippen LogP contribution in [-0.2, 0) is 21.4 Å². The molecule has 3 aliphatic heterocycles. The number of hydrogen-bond acceptors (Lipinski definition) is 3. The van der Waals surface area contributed by atoms with Gasteiger partial charge in [0.15, 0.2) is 0 Å². The summed E-state index contributed by atoms with van der Waals surface area (Å²) in [5.41, 5.74) is 4.36. The molecule has 4 heteroatoms. The number of ether oxygens (including phenoxy) is 1. The fourth-order valence-corrected chi connectivity index (χ4v) is 5.82. The number of carbonyl (C=O) groups excluding carboxylic acids is 1. The van der Waals surface area contributed by atoms with Crippen LogP contribution in [0.5, 0.6) is 0 Å². The fraction of sp³-hybridized carbons (Fsp3) is 0.476. The molecule has 0 radical (unpaired) electrons. The summed E-state index contributed by atoms with van der Waals surface area (Å²) in [6.07, 6.45) is 5.22. The molecule has 3 fully saturated rings. The molecule has 4 bridgehead atoms. The van der Waals surface area contributed by atoms with Crippen LogP contribution in [-0.4, -0.2) is 42.1 Å². The lowest BCUT2D eigenvalue weighted by Gasteiger charge is -2.55. The molecule has 25 heavy (non-hydrogen) atoms. The van der Waals surface area contributed by atoms with E-state index in [0.29, 0.717) is 5.92 Å². The van der Waals surface area contributed by atoms with Crippen LogP contribution in [0.3, 0.4) is 0 Å². The Balaban J connectivity index is 1.84. The molecule has 4 aliphatic rings. The van der Waals surface area contributed by atoms with Crippen LogP contribution in [0.4, 0.5) is 0 Å². The molecule has 1 saturated carbocycles. The molecular formula is C21H24N2O2. The van der Waals surface area contributed by atoms with Gasteiger partial charge in [0, 0.05) is 29.7 Å². The van der Waals surface area contributed by atoms with Crippen molar-refractivity contribution in [2.75, 3.05) is 20.2 Å². The Labute approximate surface area is 147 Å². The number of carbonyl (C=O) groups is 1. The number of aromatic amines is 1. The molecule has 4 unspecified atom stereocenters. The second kappa shape index (κ2) is 5.21. The minimum absolute atomic E-state index is 0.0824. The highest BCUT2D eigenvalue weighted by Gasteiger charge is 2.61. The Bertz CT molecular complexity index is 896. The van der Waals surface area contributed by atoms with Gasteiger partial charge >= 0.3 is 5.97 Å². The fourth-order valence-electron chi connectivity index (χ4n) is 5.82. The number of benzene rings is 1. The lowest BCUT2D eigenvalue weighted by Crippen LogP contribution is -2.65. The first kappa shape index (κ1) is 15.2. The van der Waals surface area contributed by atoms with E-state index >= 15 is 0 Å². The number of hydrogen-bond donors (Lipinski definition) is 1. The van der Waals surface area contributed by atoms with Crippen molar-refractivity contribution >= 4 is 16.9 Å². The average Bonchev–Trinajstić information content (AvgIpc) is 3.00. The van der Waals surface area contributed by atoms with Crippen molar-refractivity contribution in [2.45, 2.75) is 37.6 Å². The summed E-state index contributed by atoms with van der Waals surface area (Å²) in [5.74, 6) is 0.439. The number of fused-ring (bicyclic) bond motifs is 4. The SMILES string of the molecule is C/C=C1\CC2CN3CCc4c([nH]c5ccccc45)C(C(=O)OC)(C2)C13. The van der Waals surface area contributed by atoms with Crippen molar-refractivity contribution in [3.05, 3.63) is 47.2 Å². The molecule has 4 atom stereocenters. The molecule has 1 N–H and O–H groups in total. The maximum Gasteiger partial charge on any atom is 0.319 e. The molecule has 6 rings (SSSR count). The third kappa shape index (κ3) is 1.83. The van der Waals surface area contributed by atoms with Gasteiger partial charge in [0.1, 0.15) is 5.41 Å². The van der Waals surface area contributed by atoms with Crippen LogP contribution in [0.2, 0.25) is 0 Å². The van der Waals surface area contributed by atoms with Crippen molar-refractivity contribution in [1.29, 1.82) is 0 Å². The van der Waals surface area contributed by atoms with Gasteiger partial charge in [0.05, 0.1) is 13.2 Å². The number of methoxy groups -OCH3 is 1. The molecule has 130 valence electrons. The van der Waals surface area contributed by atoms with Crippen molar-refractivity contribution in [2.24, 2.45) is 5.92 Å². The monoisotopic (exact) mass is 336 g/mol. The zero-order valence-electron chi connectivity index (χ0n) is 14.8. The van der Waals surface area contributed by atoms with E-state index < -0.39 is 5.41 Å². The van der Waals surface area contributed by atoms with Crippen molar-refractivity contribution < 1.29 is 9.53 Å². The summed E-state index contributed by atoms with van der Waals surface area (Å²) in [4.78, 5) is 19.4. The van der Waals surface area contributed by atoms with E-state index in [1.807, 2.05) is 0 Å². The van der Waals surface area contributed by atoms with Gasteiger partial charge in [0.2, 0.25) is 0 Å². The van der Waals surface area contributed by atoms with Gasteiger partial charge in [-0.25, -0.2) is 0 Å². The number of H-pyrrole nitrogens is 1. The first-order chi connectivity index (χ1) is 12.2. The molecule has 2 saturated heterocycles. The highest BCUT2D eigenvalue weighted by Crippen LogP contribution is 2.54. The van der Waals surface area contributed by atoms with Gasteiger partial charge in [0.25, 0.3) is 0 Å². The lowest BCUT2D eigenvalue weighted by atomic mass is 9.59. The van der Waals surface area contributed by atoms with Crippen LogP contribution in [0.1, 0.15) is 31.0 Å². The van der Waals surface area contributed by atoms with Gasteiger partial charge in [-0.2, -0.15) is 0 Å². The Hall–Kier alpha value is -2.07. The summed E-state index contributed by atoms with van der Waals surface area (Å²) >= 11 is 0. The quantitative estimate of drug-likeness (QED) is 0.643. The van der Waals surface area contributed by atoms with Crippen molar-refractivity contribution in [3.63, 3.8) is 0 Å². The standard InChI is InChI=1S/C21H24N2O2/c1-3-14-10-13-11-21(20(24)25-2)18-16(8-9-23(12-13)19(14)21)15-6-4-5-7-17(15)22-18/h3-7,13,19,22H,8-12H2,1-2H3/b14-3+. The van der Waals surface area contributed by atoms with Crippen LogP contribution in [0.25, 0.3) is 10.9 Å². The highest BCUT2D eigenvalue weighted by atomic mass is 16.5. The van der Waals surface area contributed by atoms with Gasteiger partial charge in [-0.3, -0.25) is 9.69 Å². The number of nitrogens with zero attached hydrogens (tertiary/aromatic N) is 1. The van der Waals surface area contributed by atoms with E-state index in [0.717, 1.165) is 43.6 Å². The number of esters is 1. The van der Waals surface area contributed by atoms with E-state index in [2.05, 4.69) is 47.1 Å². The van der Waals surface area contributed by atoms with E-state index in [9.17, 15) is 4.79 Å². The maximum atomic E-state index is 13.2. The van der Waals surface area contributed by atoms with Crippen LogP contribution in [0, 0.1) is 5.92 Å². The summed E-state index contributed by atoms with van der Waals surface area (Å²) in [7, 11) is 1.53. The predicted octanol–water partition coefficient (Wildman–Crippen LogP) is 3.18. The molecule has 1 aliphatic carbocycles. The zero-order valence-corrected chi connectivity index (χ0v) is 14.8. The van der Waals surface area contributed by atoms with Gasteiger partial charge < -0.3 is 9.72 Å². The zero-order chi connectivity index (χ0) is 17.2. The average molecular weight is 336 g/mol. The Morgan fingerprint density at radius 1 is 1.40 bits per heavy atom. The van der Waals surface area contributed by atoms with E-state index in [1.165, 1.54) is 23.6 Å². The summed E-state index contributed by atoms with van der Waals surface area (Å²) in [6.45, 7) is 4.22. The number of piperidine rings is 2. The molecule has 0 spiro atoms. The summed E-state index contributed by atoms with van der Waals surface area (Å²) < 4.78 is 5.41. The van der Waals surface area contributed by atoms with Gasteiger partial charge in [-0.15, -0.1) is 0 Å². The van der Waals surface area contributed by atoms with E-state index in [1.54, 1.807) is 0 Å². The van der Waals surface area contributed by atoms with Crippen LogP contribution >= 0.6 is 0 Å². The molecule has 4 heterocycles. The second-order valence-electron chi connectivity index (χ2n) is 7.77. The van der Waals surface area contributed by atoms with Crippen molar-refractivity contribution in [3.8, 4) is 0 Å². The van der Waals surface area contributed by atoms with Crippen LogP contribution < -0.4 is 0 Å². The number of allylic oxidation sites excluding steroid dienone is 1. The third-order valence-electron chi connectivity index (χ3n) is 6.64. The Morgan fingerprint density at radius 3 is 3.04 bits per heavy atom. The minimum Gasteiger partial charge on any atom is -0.468 e. The summed E-state index contributed by atoms with van der Waals surface area (Å²) in [5, 5.41) is 1.26. The molecule has 1 aromatic carbocycles. The molecule has 2 aromatic rings. The van der Waals surface area contributed by atoms with Crippen LogP contribution in [0.15, 0.2) is 35.9 Å². The Kier molecular flexibility index (Phi) is 3.17. The number of aromatic nitrogens is 1. The number of rotatable bonds is 1. The molecule has 0 amide bonds.